The lowest BCUT2D eigenvalue weighted by Gasteiger charge is -2.47. The van der Waals surface area contributed by atoms with E-state index in [4.69, 9.17) is 4.42 Å². The van der Waals surface area contributed by atoms with Crippen molar-refractivity contribution in [3.63, 3.8) is 0 Å². The van der Waals surface area contributed by atoms with E-state index in [0.29, 0.717) is 18.7 Å². The number of hydrogen-bond donors (Lipinski definition) is 0. The Morgan fingerprint density at radius 3 is 2.69 bits per heavy atom. The molecule has 0 saturated carbocycles. The first-order valence-corrected chi connectivity index (χ1v) is 9.34. The summed E-state index contributed by atoms with van der Waals surface area (Å²) in [6.07, 6.45) is 5.66. The second-order valence-corrected chi connectivity index (χ2v) is 7.80. The molecule has 0 bridgehead atoms. The van der Waals surface area contributed by atoms with Gasteiger partial charge in [-0.05, 0) is 49.9 Å². The number of amides is 2. The first-order valence-electron chi connectivity index (χ1n) is 9.34. The van der Waals surface area contributed by atoms with E-state index in [1.165, 1.54) is 4.90 Å². The lowest BCUT2D eigenvalue weighted by atomic mass is 9.72. The van der Waals surface area contributed by atoms with E-state index in [9.17, 15) is 9.59 Å². The van der Waals surface area contributed by atoms with Crippen molar-refractivity contribution < 1.29 is 14.0 Å². The highest BCUT2D eigenvalue weighted by atomic mass is 16.4. The van der Waals surface area contributed by atoms with Crippen LogP contribution in [-0.2, 0) is 11.3 Å². The van der Waals surface area contributed by atoms with Crippen molar-refractivity contribution in [2.75, 3.05) is 40.3 Å². The van der Waals surface area contributed by atoms with Crippen LogP contribution in [0, 0.1) is 5.41 Å². The van der Waals surface area contributed by atoms with Gasteiger partial charge in [-0.1, -0.05) is 6.08 Å². The molecule has 2 aliphatic rings. The number of piperidine rings is 2. The number of carbonyl (C=O) groups is 2. The summed E-state index contributed by atoms with van der Waals surface area (Å²) in [5, 5.41) is 0. The Labute approximate surface area is 155 Å². The number of hydrogen-bond acceptors (Lipinski definition) is 4. The van der Waals surface area contributed by atoms with Crippen LogP contribution in [0.4, 0.5) is 0 Å². The Balaban J connectivity index is 1.55. The average molecular weight is 359 g/mol. The highest BCUT2D eigenvalue weighted by molar-refractivity contribution is 5.91. The van der Waals surface area contributed by atoms with Crippen LogP contribution in [0.15, 0.2) is 29.2 Å². The smallest absolute Gasteiger partial charge is 0.289 e. The normalized spacial score (nSPS) is 20.4. The third-order valence-corrected chi connectivity index (χ3v) is 5.67. The minimum absolute atomic E-state index is 0.108. The van der Waals surface area contributed by atoms with Gasteiger partial charge < -0.3 is 14.2 Å². The average Bonchev–Trinajstić information content (AvgIpc) is 3.08. The molecule has 0 aliphatic carbocycles. The summed E-state index contributed by atoms with van der Waals surface area (Å²) < 4.78 is 5.71. The van der Waals surface area contributed by atoms with Gasteiger partial charge in [0.05, 0.1) is 6.54 Å². The molecule has 6 heteroatoms. The molecule has 1 aromatic heterocycles. The summed E-state index contributed by atoms with van der Waals surface area (Å²) in [7, 11) is 3.44. The minimum Gasteiger partial charge on any atom is -0.455 e. The van der Waals surface area contributed by atoms with Gasteiger partial charge in [-0.3, -0.25) is 14.5 Å². The zero-order valence-electron chi connectivity index (χ0n) is 15.9. The van der Waals surface area contributed by atoms with Crippen molar-refractivity contribution in [1.29, 1.82) is 0 Å². The molecular formula is C20H29N3O3. The van der Waals surface area contributed by atoms with Gasteiger partial charge in [-0.25, -0.2) is 0 Å². The number of nitrogens with zero attached hydrogens (tertiary/aromatic N) is 3. The second-order valence-electron chi connectivity index (χ2n) is 7.80. The summed E-state index contributed by atoms with van der Waals surface area (Å²) >= 11 is 0. The predicted octanol–water partition coefficient (Wildman–Crippen LogP) is 2.37. The fraction of sp³-hybridized carbons (Fsp3) is 0.600. The largest absolute Gasteiger partial charge is 0.455 e. The van der Waals surface area contributed by atoms with Crippen LogP contribution in [-0.4, -0.2) is 66.8 Å². The van der Waals surface area contributed by atoms with E-state index in [1.54, 1.807) is 20.2 Å². The van der Waals surface area contributed by atoms with Gasteiger partial charge in [0.25, 0.3) is 5.91 Å². The zero-order chi connectivity index (χ0) is 18.7. The third-order valence-electron chi connectivity index (χ3n) is 5.67. The Bertz CT molecular complexity index is 672. The molecular weight excluding hydrogens is 330 g/mol. The van der Waals surface area contributed by atoms with Gasteiger partial charge >= 0.3 is 0 Å². The minimum atomic E-state index is -0.108. The molecule has 2 aliphatic heterocycles. The van der Waals surface area contributed by atoms with E-state index >= 15 is 0 Å². The van der Waals surface area contributed by atoms with Gasteiger partial charge in [0.2, 0.25) is 5.91 Å². The summed E-state index contributed by atoms with van der Waals surface area (Å²) in [6.45, 7) is 7.99. The summed E-state index contributed by atoms with van der Waals surface area (Å²) in [5.41, 5.74) is 0.253. The van der Waals surface area contributed by atoms with E-state index < -0.39 is 0 Å². The Morgan fingerprint density at radius 2 is 2.04 bits per heavy atom. The van der Waals surface area contributed by atoms with Crippen LogP contribution in [0.25, 0.3) is 0 Å². The fourth-order valence-corrected chi connectivity index (χ4v) is 4.04. The number of likely N-dealkylation sites (tertiary alicyclic amines) is 2. The van der Waals surface area contributed by atoms with E-state index in [2.05, 4.69) is 11.5 Å². The van der Waals surface area contributed by atoms with Crippen LogP contribution >= 0.6 is 0 Å². The van der Waals surface area contributed by atoms with Crippen molar-refractivity contribution in [3.8, 4) is 0 Å². The number of rotatable bonds is 5. The van der Waals surface area contributed by atoms with Crippen molar-refractivity contribution in [1.82, 2.24) is 14.7 Å². The molecule has 0 atom stereocenters. The van der Waals surface area contributed by atoms with Gasteiger partial charge in [0.15, 0.2) is 5.76 Å². The first-order chi connectivity index (χ1) is 12.4. The van der Waals surface area contributed by atoms with Crippen molar-refractivity contribution in [2.24, 2.45) is 5.41 Å². The Morgan fingerprint density at radius 1 is 1.31 bits per heavy atom. The molecule has 1 spiro atoms. The zero-order valence-corrected chi connectivity index (χ0v) is 15.9. The van der Waals surface area contributed by atoms with Crippen LogP contribution < -0.4 is 0 Å². The summed E-state index contributed by atoms with van der Waals surface area (Å²) in [4.78, 5) is 29.8. The maximum atomic E-state index is 12.0. The van der Waals surface area contributed by atoms with Crippen LogP contribution in [0.3, 0.4) is 0 Å². The Kier molecular flexibility index (Phi) is 5.51. The van der Waals surface area contributed by atoms with E-state index in [1.807, 2.05) is 17.0 Å². The molecule has 2 fully saturated rings. The maximum absolute atomic E-state index is 12.0. The predicted molar refractivity (Wildman–Crippen MR) is 99.7 cm³/mol. The molecule has 0 N–H and O–H groups in total. The molecule has 0 aromatic carbocycles. The molecule has 1 aromatic rings. The highest BCUT2D eigenvalue weighted by Crippen LogP contribution is 2.40. The standard InChI is InChI=1S/C20H29N3O3/c1-4-11-23-15-20(8-7-18(23)24)9-12-22(13-10-20)14-16-5-6-17(26-16)19(25)21(2)3/h4-6H,1,7-15H2,2-3H3. The molecule has 0 radical (unpaired) electrons. The SMILES string of the molecule is C=CCN1CC2(CCC1=O)CCN(Cc1ccc(C(=O)N(C)C)o1)CC2. The molecule has 2 amide bonds. The molecule has 142 valence electrons. The maximum Gasteiger partial charge on any atom is 0.289 e. The quantitative estimate of drug-likeness (QED) is 0.758. The van der Waals surface area contributed by atoms with Crippen molar-refractivity contribution >= 4 is 11.8 Å². The van der Waals surface area contributed by atoms with Crippen LogP contribution in [0.5, 0.6) is 0 Å². The molecule has 3 rings (SSSR count). The lowest BCUT2D eigenvalue weighted by molar-refractivity contribution is -0.138. The van der Waals surface area contributed by atoms with Gasteiger partial charge in [-0.15, -0.1) is 6.58 Å². The number of furan rings is 1. The number of carbonyl (C=O) groups excluding carboxylic acids is 2. The topological polar surface area (TPSA) is 57.0 Å². The molecule has 3 heterocycles. The molecule has 26 heavy (non-hydrogen) atoms. The van der Waals surface area contributed by atoms with Gasteiger partial charge in [0, 0.05) is 33.6 Å². The Hall–Kier alpha value is -2.08. The monoisotopic (exact) mass is 359 g/mol. The molecule has 2 saturated heterocycles. The molecule has 6 nitrogen and oxygen atoms in total. The lowest BCUT2D eigenvalue weighted by Crippen LogP contribution is -2.51. The van der Waals surface area contributed by atoms with Crippen molar-refractivity contribution in [3.05, 3.63) is 36.3 Å². The summed E-state index contributed by atoms with van der Waals surface area (Å²) in [5.74, 6) is 1.37. The van der Waals surface area contributed by atoms with Crippen molar-refractivity contribution in [2.45, 2.75) is 32.2 Å². The first kappa shape index (κ1) is 18.7. The van der Waals surface area contributed by atoms with Gasteiger partial charge in [0.1, 0.15) is 5.76 Å². The van der Waals surface area contributed by atoms with Gasteiger partial charge in [-0.2, -0.15) is 0 Å². The highest BCUT2D eigenvalue weighted by Gasteiger charge is 2.40. The van der Waals surface area contributed by atoms with E-state index in [0.717, 1.165) is 51.2 Å². The van der Waals surface area contributed by atoms with Crippen LogP contribution in [0.2, 0.25) is 0 Å². The van der Waals surface area contributed by atoms with E-state index in [-0.39, 0.29) is 17.2 Å². The summed E-state index contributed by atoms with van der Waals surface area (Å²) in [6, 6.07) is 3.65. The third kappa shape index (κ3) is 4.01. The van der Waals surface area contributed by atoms with Crippen LogP contribution in [0.1, 0.15) is 42.0 Å². The second kappa shape index (κ2) is 7.66. The molecule has 0 unspecified atom stereocenters. The fourth-order valence-electron chi connectivity index (χ4n) is 4.04.